The minimum absolute atomic E-state index is 0.00297. The Bertz CT molecular complexity index is 966. The van der Waals surface area contributed by atoms with Gasteiger partial charge in [-0.15, -0.1) is 11.8 Å². The van der Waals surface area contributed by atoms with Gasteiger partial charge < -0.3 is 10.2 Å². The summed E-state index contributed by atoms with van der Waals surface area (Å²) in [5.41, 5.74) is 3.70. The van der Waals surface area contributed by atoms with Crippen LogP contribution in [0.3, 0.4) is 0 Å². The van der Waals surface area contributed by atoms with Crippen LogP contribution in [0.5, 0.6) is 11.5 Å². The lowest BCUT2D eigenvalue weighted by Crippen LogP contribution is -2.19. The van der Waals surface area contributed by atoms with Crippen molar-refractivity contribution in [3.05, 3.63) is 59.2 Å². The number of para-hydroxylation sites is 1. The predicted molar refractivity (Wildman–Crippen MR) is 103 cm³/mol. The number of hydrogen-bond donors (Lipinski definition) is 3. The van der Waals surface area contributed by atoms with Gasteiger partial charge in [-0.2, -0.15) is 5.10 Å². The first-order valence-corrected chi connectivity index (χ1v) is 8.91. The molecule has 0 unspecified atom stereocenters. The van der Waals surface area contributed by atoms with E-state index in [4.69, 9.17) is 11.6 Å². The Hall–Kier alpha value is -2.77. The maximum Gasteiger partial charge on any atom is 0.250 e. The lowest BCUT2D eigenvalue weighted by molar-refractivity contribution is -0.118. The molecule has 1 amide bonds. The third-order valence-electron chi connectivity index (χ3n) is 3.42. The second-order valence-electron chi connectivity index (χ2n) is 5.28. The van der Waals surface area contributed by atoms with E-state index in [9.17, 15) is 15.0 Å². The lowest BCUT2D eigenvalue weighted by atomic mass is 10.2. The van der Waals surface area contributed by atoms with Crippen LogP contribution in [0.15, 0.2) is 58.7 Å². The molecular formula is C18H14ClN3O3S. The second kappa shape index (κ2) is 8.07. The first-order chi connectivity index (χ1) is 12.5. The Kier molecular flexibility index (Phi) is 5.60. The molecule has 3 N–H and O–H groups in total. The molecule has 3 rings (SSSR count). The van der Waals surface area contributed by atoms with Crippen molar-refractivity contribution in [3.63, 3.8) is 0 Å². The van der Waals surface area contributed by atoms with Gasteiger partial charge in [-0.25, -0.2) is 5.43 Å². The van der Waals surface area contributed by atoms with E-state index in [1.54, 1.807) is 6.20 Å². The van der Waals surface area contributed by atoms with Crippen molar-refractivity contribution in [1.82, 2.24) is 10.4 Å². The SMILES string of the molecule is O=C(CSc1cccc2cccnc12)N/N=C/c1cc(O)c(O)c(Cl)c1. The summed E-state index contributed by atoms with van der Waals surface area (Å²) in [5, 5.41) is 23.7. The highest BCUT2D eigenvalue weighted by atomic mass is 35.5. The van der Waals surface area contributed by atoms with Crippen molar-refractivity contribution >= 4 is 46.4 Å². The second-order valence-corrected chi connectivity index (χ2v) is 6.71. The number of phenols is 2. The van der Waals surface area contributed by atoms with Gasteiger partial charge in [0, 0.05) is 16.5 Å². The number of hydrogen-bond acceptors (Lipinski definition) is 6. The van der Waals surface area contributed by atoms with Crippen LogP contribution >= 0.6 is 23.4 Å². The number of pyridine rings is 1. The number of thioether (sulfide) groups is 1. The maximum atomic E-state index is 11.9. The van der Waals surface area contributed by atoms with Gasteiger partial charge in [-0.1, -0.05) is 29.8 Å². The third-order valence-corrected chi connectivity index (χ3v) is 4.76. The Morgan fingerprint density at radius 3 is 2.88 bits per heavy atom. The largest absolute Gasteiger partial charge is 0.504 e. The first-order valence-electron chi connectivity index (χ1n) is 7.54. The highest BCUT2D eigenvalue weighted by Crippen LogP contribution is 2.33. The zero-order valence-electron chi connectivity index (χ0n) is 13.4. The molecule has 0 saturated carbocycles. The lowest BCUT2D eigenvalue weighted by Gasteiger charge is -2.05. The van der Waals surface area contributed by atoms with E-state index in [1.165, 1.54) is 30.1 Å². The number of amides is 1. The Balaban J connectivity index is 1.59. The van der Waals surface area contributed by atoms with Gasteiger partial charge in [0.2, 0.25) is 5.91 Å². The van der Waals surface area contributed by atoms with Crippen LogP contribution in [0.1, 0.15) is 5.56 Å². The fourth-order valence-electron chi connectivity index (χ4n) is 2.23. The highest BCUT2D eigenvalue weighted by Gasteiger charge is 2.07. The first kappa shape index (κ1) is 18.0. The number of nitrogens with zero attached hydrogens (tertiary/aromatic N) is 2. The molecule has 1 aromatic heterocycles. The quantitative estimate of drug-likeness (QED) is 0.269. The summed E-state index contributed by atoms with van der Waals surface area (Å²) in [5.74, 6) is -0.861. The van der Waals surface area contributed by atoms with Gasteiger partial charge in [0.25, 0.3) is 0 Å². The minimum atomic E-state index is -0.395. The monoisotopic (exact) mass is 387 g/mol. The molecule has 6 nitrogen and oxygen atoms in total. The summed E-state index contributed by atoms with van der Waals surface area (Å²) in [4.78, 5) is 17.2. The van der Waals surface area contributed by atoms with Crippen LogP contribution in [-0.2, 0) is 4.79 Å². The van der Waals surface area contributed by atoms with Crippen molar-refractivity contribution in [2.24, 2.45) is 5.10 Å². The van der Waals surface area contributed by atoms with Gasteiger partial charge in [0.15, 0.2) is 11.5 Å². The third kappa shape index (κ3) is 4.25. The summed E-state index contributed by atoms with van der Waals surface area (Å²) in [6.07, 6.45) is 3.04. The number of halogens is 1. The molecule has 2 aromatic carbocycles. The standard InChI is InChI=1S/C18H14ClN3O3S/c19-13-7-11(8-14(23)18(13)25)9-21-22-16(24)10-26-15-5-1-3-12-4-2-6-20-17(12)15/h1-9,23,25H,10H2,(H,22,24)/b21-9+. The average Bonchev–Trinajstić information content (AvgIpc) is 2.64. The van der Waals surface area contributed by atoms with Crippen molar-refractivity contribution in [1.29, 1.82) is 0 Å². The molecule has 0 aliphatic carbocycles. The van der Waals surface area contributed by atoms with Gasteiger partial charge in [-0.3, -0.25) is 9.78 Å². The number of fused-ring (bicyclic) bond motifs is 1. The number of aromatic hydroxyl groups is 2. The van der Waals surface area contributed by atoms with Crippen molar-refractivity contribution < 1.29 is 15.0 Å². The van der Waals surface area contributed by atoms with Crippen LogP contribution in [0.25, 0.3) is 10.9 Å². The smallest absolute Gasteiger partial charge is 0.250 e. The fraction of sp³-hybridized carbons (Fsp3) is 0.0556. The number of carbonyl (C=O) groups is 1. The molecule has 1 heterocycles. The van der Waals surface area contributed by atoms with Gasteiger partial charge in [0.1, 0.15) is 0 Å². The molecule has 0 aliphatic rings. The zero-order valence-corrected chi connectivity index (χ0v) is 15.0. The number of aromatic nitrogens is 1. The summed E-state index contributed by atoms with van der Waals surface area (Å²) in [7, 11) is 0. The highest BCUT2D eigenvalue weighted by molar-refractivity contribution is 8.00. The van der Waals surface area contributed by atoms with E-state index in [1.807, 2.05) is 30.3 Å². The molecule has 8 heteroatoms. The summed E-state index contributed by atoms with van der Waals surface area (Å²) < 4.78 is 0. The average molecular weight is 388 g/mol. The van der Waals surface area contributed by atoms with E-state index in [0.29, 0.717) is 5.56 Å². The molecule has 132 valence electrons. The minimum Gasteiger partial charge on any atom is -0.504 e. The molecule has 0 bridgehead atoms. The zero-order chi connectivity index (χ0) is 18.5. The maximum absolute atomic E-state index is 11.9. The molecule has 0 radical (unpaired) electrons. The van der Waals surface area contributed by atoms with E-state index >= 15 is 0 Å². The molecule has 0 spiro atoms. The normalized spacial score (nSPS) is 11.1. The number of hydrazone groups is 1. The van der Waals surface area contributed by atoms with Crippen LogP contribution in [-0.4, -0.2) is 33.1 Å². The van der Waals surface area contributed by atoms with Crippen LogP contribution < -0.4 is 5.43 Å². The molecule has 26 heavy (non-hydrogen) atoms. The summed E-state index contributed by atoms with van der Waals surface area (Å²) in [6.45, 7) is 0. The van der Waals surface area contributed by atoms with Gasteiger partial charge in [-0.05, 0) is 29.8 Å². The number of carbonyl (C=O) groups excluding carboxylic acids is 1. The number of benzene rings is 2. The van der Waals surface area contributed by atoms with Crippen molar-refractivity contribution in [3.8, 4) is 11.5 Å². The summed E-state index contributed by atoms with van der Waals surface area (Å²) in [6, 6.07) is 12.3. The van der Waals surface area contributed by atoms with Crippen LogP contribution in [0.4, 0.5) is 0 Å². The Labute approximate surface area is 158 Å². The molecule has 3 aromatic rings. The molecule has 0 aliphatic heterocycles. The number of phenolic OH excluding ortho intramolecular Hbond substituents is 2. The topological polar surface area (TPSA) is 94.8 Å². The molecular weight excluding hydrogens is 374 g/mol. The summed E-state index contributed by atoms with van der Waals surface area (Å²) >= 11 is 7.13. The van der Waals surface area contributed by atoms with Gasteiger partial charge in [0.05, 0.1) is 22.5 Å². The molecule has 0 fully saturated rings. The van der Waals surface area contributed by atoms with E-state index in [2.05, 4.69) is 15.5 Å². The van der Waals surface area contributed by atoms with Gasteiger partial charge >= 0.3 is 0 Å². The van der Waals surface area contributed by atoms with Crippen molar-refractivity contribution in [2.45, 2.75) is 4.90 Å². The Morgan fingerprint density at radius 2 is 2.08 bits per heavy atom. The molecule has 0 atom stereocenters. The fourth-order valence-corrected chi connectivity index (χ4v) is 3.28. The number of nitrogens with one attached hydrogen (secondary N) is 1. The van der Waals surface area contributed by atoms with E-state index in [-0.39, 0.29) is 22.4 Å². The Morgan fingerprint density at radius 1 is 1.27 bits per heavy atom. The molecule has 0 saturated heterocycles. The van der Waals surface area contributed by atoms with Crippen LogP contribution in [0, 0.1) is 0 Å². The van der Waals surface area contributed by atoms with Crippen molar-refractivity contribution in [2.75, 3.05) is 5.75 Å². The van der Waals surface area contributed by atoms with Crippen LogP contribution in [0.2, 0.25) is 5.02 Å². The van der Waals surface area contributed by atoms with E-state index < -0.39 is 5.75 Å². The van der Waals surface area contributed by atoms with E-state index in [0.717, 1.165) is 15.8 Å². The number of rotatable bonds is 5. The predicted octanol–water partition coefficient (Wildman–Crippen LogP) is 3.54.